The summed E-state index contributed by atoms with van der Waals surface area (Å²) in [7, 11) is 3.07. The number of carbonyl (C=O) groups excluding carboxylic acids is 1. The molecule has 4 heteroatoms. The Morgan fingerprint density at radius 3 is 2.62 bits per heavy atom. The molecule has 76 valence electrons. The Bertz CT molecular complexity index is 203. The summed E-state index contributed by atoms with van der Waals surface area (Å²) in [6.07, 6.45) is 0.554. The highest BCUT2D eigenvalue weighted by Crippen LogP contribution is 2.34. The van der Waals surface area contributed by atoms with E-state index in [0.717, 1.165) is 6.42 Å². The normalized spacial score (nSPS) is 26.0. The van der Waals surface area contributed by atoms with E-state index in [0.29, 0.717) is 6.61 Å². The first-order chi connectivity index (χ1) is 5.99. The smallest absolute Gasteiger partial charge is 0.275 e. The molecule has 0 aromatic heterocycles. The van der Waals surface area contributed by atoms with E-state index in [1.54, 1.807) is 7.05 Å². The molecule has 1 amide bonds. The van der Waals surface area contributed by atoms with Gasteiger partial charge in [-0.1, -0.05) is 13.8 Å². The number of likely N-dealkylation sites (N-methyl/N-ethyl adjacent to an activating group) is 1. The predicted octanol–water partition coefficient (Wildman–Crippen LogP) is 0.821. The van der Waals surface area contributed by atoms with Crippen LogP contribution in [0.4, 0.5) is 0 Å². The highest BCUT2D eigenvalue weighted by Gasteiger charge is 2.42. The first kappa shape index (κ1) is 10.5. The summed E-state index contributed by atoms with van der Waals surface area (Å²) >= 11 is 0. The van der Waals surface area contributed by atoms with E-state index in [1.165, 1.54) is 12.2 Å². The molecule has 0 N–H and O–H groups in total. The topological polar surface area (TPSA) is 38.8 Å². The Morgan fingerprint density at radius 2 is 2.23 bits per heavy atom. The number of amides is 1. The second-order valence-corrected chi connectivity index (χ2v) is 4.01. The maximum absolute atomic E-state index is 11.7. The van der Waals surface area contributed by atoms with Crippen LogP contribution in [0.5, 0.6) is 0 Å². The lowest BCUT2D eigenvalue weighted by molar-refractivity contribution is -0.182. The molecular weight excluding hydrogens is 170 g/mol. The molecule has 1 atom stereocenters. The van der Waals surface area contributed by atoms with Crippen molar-refractivity contribution in [2.45, 2.75) is 26.4 Å². The van der Waals surface area contributed by atoms with E-state index < -0.39 is 0 Å². The number of ether oxygens (including phenoxy) is 1. The lowest BCUT2D eigenvalue weighted by atomic mass is 9.85. The Balaban J connectivity index is 2.66. The molecule has 0 aromatic rings. The molecular formula is C9H17NO3. The number of carbonyl (C=O) groups is 1. The van der Waals surface area contributed by atoms with Gasteiger partial charge in [-0.3, -0.25) is 9.63 Å². The van der Waals surface area contributed by atoms with Crippen molar-refractivity contribution in [2.75, 3.05) is 20.8 Å². The monoisotopic (exact) mass is 187 g/mol. The Hall–Kier alpha value is -0.610. The zero-order valence-corrected chi connectivity index (χ0v) is 8.66. The van der Waals surface area contributed by atoms with Crippen LogP contribution in [-0.2, 0) is 14.4 Å². The standard InChI is InChI=1S/C9H17NO3/c1-9(2)5-6-13-7(9)8(11)10(3)12-4/h7H,5-6H2,1-4H3/t7-/m1/s1. The lowest BCUT2D eigenvalue weighted by Crippen LogP contribution is -2.42. The summed E-state index contributed by atoms with van der Waals surface area (Å²) in [6, 6.07) is 0. The zero-order chi connectivity index (χ0) is 10.1. The Morgan fingerprint density at radius 1 is 1.62 bits per heavy atom. The Kier molecular flexibility index (Phi) is 2.93. The molecule has 1 aliphatic heterocycles. The summed E-state index contributed by atoms with van der Waals surface area (Å²) < 4.78 is 5.38. The number of hydrogen-bond acceptors (Lipinski definition) is 3. The fourth-order valence-electron chi connectivity index (χ4n) is 1.46. The van der Waals surface area contributed by atoms with Crippen LogP contribution >= 0.6 is 0 Å². The third-order valence-corrected chi connectivity index (χ3v) is 2.55. The molecule has 0 aliphatic carbocycles. The van der Waals surface area contributed by atoms with Gasteiger partial charge >= 0.3 is 0 Å². The fourth-order valence-corrected chi connectivity index (χ4v) is 1.46. The van der Waals surface area contributed by atoms with E-state index >= 15 is 0 Å². The van der Waals surface area contributed by atoms with Crippen LogP contribution in [0, 0.1) is 5.41 Å². The van der Waals surface area contributed by atoms with Gasteiger partial charge in [0.15, 0.2) is 0 Å². The molecule has 13 heavy (non-hydrogen) atoms. The minimum Gasteiger partial charge on any atom is -0.368 e. The van der Waals surface area contributed by atoms with E-state index in [1.807, 2.05) is 13.8 Å². The minimum absolute atomic E-state index is 0.0795. The number of hydroxylamine groups is 2. The largest absolute Gasteiger partial charge is 0.368 e. The minimum atomic E-state index is -0.363. The van der Waals surface area contributed by atoms with Crippen LogP contribution in [-0.4, -0.2) is 37.8 Å². The third kappa shape index (κ3) is 2.00. The predicted molar refractivity (Wildman–Crippen MR) is 47.9 cm³/mol. The zero-order valence-electron chi connectivity index (χ0n) is 8.66. The van der Waals surface area contributed by atoms with Gasteiger partial charge in [-0.2, -0.15) is 0 Å². The van der Waals surface area contributed by atoms with Crippen LogP contribution < -0.4 is 0 Å². The molecule has 0 spiro atoms. The van der Waals surface area contributed by atoms with Gasteiger partial charge in [0.25, 0.3) is 5.91 Å². The summed E-state index contributed by atoms with van der Waals surface area (Å²) in [5.41, 5.74) is -0.0795. The lowest BCUT2D eigenvalue weighted by Gasteiger charge is -2.27. The highest BCUT2D eigenvalue weighted by atomic mass is 16.7. The third-order valence-electron chi connectivity index (χ3n) is 2.55. The van der Waals surface area contributed by atoms with Crippen LogP contribution in [0.1, 0.15) is 20.3 Å². The van der Waals surface area contributed by atoms with Crippen LogP contribution in [0.15, 0.2) is 0 Å². The molecule has 1 fully saturated rings. The van der Waals surface area contributed by atoms with Crippen LogP contribution in [0.25, 0.3) is 0 Å². The number of rotatable bonds is 2. The van der Waals surface area contributed by atoms with Gasteiger partial charge in [-0.05, 0) is 6.42 Å². The van der Waals surface area contributed by atoms with Gasteiger partial charge in [0.05, 0.1) is 7.11 Å². The average molecular weight is 187 g/mol. The number of nitrogens with zero attached hydrogens (tertiary/aromatic N) is 1. The summed E-state index contributed by atoms with van der Waals surface area (Å²) in [5, 5.41) is 1.22. The fraction of sp³-hybridized carbons (Fsp3) is 0.889. The molecule has 0 aromatic carbocycles. The molecule has 1 rings (SSSR count). The molecule has 4 nitrogen and oxygen atoms in total. The maximum Gasteiger partial charge on any atom is 0.275 e. The second kappa shape index (κ2) is 3.64. The molecule has 0 unspecified atom stereocenters. The van der Waals surface area contributed by atoms with Crippen molar-refractivity contribution in [3.05, 3.63) is 0 Å². The molecule has 1 aliphatic rings. The van der Waals surface area contributed by atoms with E-state index in [4.69, 9.17) is 9.57 Å². The average Bonchev–Trinajstić information content (AvgIpc) is 2.42. The summed E-state index contributed by atoms with van der Waals surface area (Å²) in [5.74, 6) is -0.106. The van der Waals surface area contributed by atoms with E-state index in [-0.39, 0.29) is 17.4 Å². The van der Waals surface area contributed by atoms with Gasteiger partial charge in [0, 0.05) is 19.1 Å². The van der Waals surface area contributed by atoms with Crippen molar-refractivity contribution in [2.24, 2.45) is 5.41 Å². The quantitative estimate of drug-likeness (QED) is 0.601. The van der Waals surface area contributed by atoms with Gasteiger partial charge in [-0.25, -0.2) is 5.06 Å². The van der Waals surface area contributed by atoms with Gasteiger partial charge in [0.1, 0.15) is 6.10 Å². The van der Waals surface area contributed by atoms with E-state index in [9.17, 15) is 4.79 Å². The summed E-state index contributed by atoms with van der Waals surface area (Å²) in [4.78, 5) is 16.5. The second-order valence-electron chi connectivity index (χ2n) is 4.01. The molecule has 0 bridgehead atoms. The van der Waals surface area contributed by atoms with Crippen molar-refractivity contribution in [1.82, 2.24) is 5.06 Å². The summed E-state index contributed by atoms with van der Waals surface area (Å²) in [6.45, 7) is 4.72. The molecule has 0 saturated carbocycles. The number of hydrogen-bond donors (Lipinski definition) is 0. The van der Waals surface area contributed by atoms with Crippen LogP contribution in [0.2, 0.25) is 0 Å². The van der Waals surface area contributed by atoms with Gasteiger partial charge < -0.3 is 4.74 Å². The first-order valence-electron chi connectivity index (χ1n) is 4.42. The van der Waals surface area contributed by atoms with Gasteiger partial charge in [-0.15, -0.1) is 0 Å². The maximum atomic E-state index is 11.7. The van der Waals surface area contributed by atoms with Crippen molar-refractivity contribution >= 4 is 5.91 Å². The van der Waals surface area contributed by atoms with Crippen molar-refractivity contribution in [3.8, 4) is 0 Å². The molecule has 1 saturated heterocycles. The van der Waals surface area contributed by atoms with Crippen molar-refractivity contribution < 1.29 is 14.4 Å². The highest BCUT2D eigenvalue weighted by molar-refractivity contribution is 5.80. The van der Waals surface area contributed by atoms with Crippen LogP contribution in [0.3, 0.4) is 0 Å². The SMILES string of the molecule is CON(C)C(=O)[C@H]1OCCC1(C)C. The van der Waals surface area contributed by atoms with Crippen molar-refractivity contribution in [3.63, 3.8) is 0 Å². The molecule has 1 heterocycles. The van der Waals surface area contributed by atoms with Gasteiger partial charge in [0.2, 0.25) is 0 Å². The Labute approximate surface area is 78.8 Å². The van der Waals surface area contributed by atoms with Crippen molar-refractivity contribution in [1.29, 1.82) is 0 Å². The molecule has 0 radical (unpaired) electrons. The van der Waals surface area contributed by atoms with E-state index in [2.05, 4.69) is 0 Å². The first-order valence-corrected chi connectivity index (χ1v) is 4.42.